The van der Waals surface area contributed by atoms with E-state index in [1.165, 1.54) is 18.4 Å². The van der Waals surface area contributed by atoms with Gasteiger partial charge in [0.1, 0.15) is 17.5 Å². The van der Waals surface area contributed by atoms with E-state index in [1.807, 2.05) is 24.3 Å². The Morgan fingerprint density at radius 2 is 1.93 bits per heavy atom. The smallest absolute Gasteiger partial charge is 0.341 e. The number of furan rings is 1. The van der Waals surface area contributed by atoms with E-state index in [4.69, 9.17) is 18.2 Å². The van der Waals surface area contributed by atoms with Gasteiger partial charge in [-0.25, -0.2) is 9.78 Å². The molecule has 1 aromatic carbocycles. The Kier molecular flexibility index (Phi) is 6.11. The lowest BCUT2D eigenvalue weighted by atomic mass is 10.2. The summed E-state index contributed by atoms with van der Waals surface area (Å²) >= 11 is 1.44. The molecule has 2 heterocycles. The fourth-order valence-electron chi connectivity index (χ4n) is 2.61. The highest BCUT2D eigenvalue weighted by Gasteiger charge is 2.31. The van der Waals surface area contributed by atoms with Crippen LogP contribution in [-0.4, -0.2) is 31.3 Å². The van der Waals surface area contributed by atoms with Gasteiger partial charge in [-0.1, -0.05) is 12.1 Å². The Morgan fingerprint density at radius 1 is 1.22 bits per heavy atom. The predicted molar refractivity (Wildman–Crippen MR) is 103 cm³/mol. The van der Waals surface area contributed by atoms with E-state index in [2.05, 4.69) is 4.98 Å². The highest BCUT2D eigenvalue weighted by Crippen LogP contribution is 2.52. The maximum absolute atomic E-state index is 12.9. The van der Waals surface area contributed by atoms with Gasteiger partial charge in [0.05, 0.1) is 30.5 Å². The van der Waals surface area contributed by atoms with E-state index in [9.17, 15) is 9.36 Å². The van der Waals surface area contributed by atoms with Crippen LogP contribution in [0.25, 0.3) is 21.0 Å². The molecule has 0 N–H and O–H groups in total. The molecule has 0 atom stereocenters. The van der Waals surface area contributed by atoms with Crippen LogP contribution in [0, 0.1) is 0 Å². The Balaban J connectivity index is 2.02. The summed E-state index contributed by atoms with van der Waals surface area (Å²) in [6.45, 7) is 3.88. The molecule has 0 saturated carbocycles. The van der Waals surface area contributed by atoms with Gasteiger partial charge in [-0.2, -0.15) is 0 Å². The van der Waals surface area contributed by atoms with Crippen molar-refractivity contribution in [3.05, 3.63) is 41.7 Å². The van der Waals surface area contributed by atoms with Crippen LogP contribution in [-0.2, 0) is 24.5 Å². The summed E-state index contributed by atoms with van der Waals surface area (Å²) in [5.41, 5.74) is 1.02. The number of hydrogen-bond acceptors (Lipinski definition) is 8. The number of aromatic nitrogens is 1. The summed E-state index contributed by atoms with van der Waals surface area (Å²) in [5.74, 6) is 0.0214. The van der Waals surface area contributed by atoms with Gasteiger partial charge < -0.3 is 18.2 Å². The average molecular weight is 409 g/mol. The van der Waals surface area contributed by atoms with Crippen LogP contribution in [0.3, 0.4) is 0 Å². The summed E-state index contributed by atoms with van der Waals surface area (Å²) in [4.78, 5) is 16.7. The second-order valence-electron chi connectivity index (χ2n) is 5.53. The van der Waals surface area contributed by atoms with Gasteiger partial charge in [0.15, 0.2) is 10.8 Å². The van der Waals surface area contributed by atoms with E-state index in [1.54, 1.807) is 19.9 Å². The molecular formula is C18H20NO6PS. The third-order valence-electron chi connectivity index (χ3n) is 3.71. The Hall–Kier alpha value is -1.99. The number of hydrogen-bond donors (Lipinski definition) is 0. The molecule has 3 rings (SSSR count). The van der Waals surface area contributed by atoms with Crippen molar-refractivity contribution in [2.45, 2.75) is 20.0 Å². The fourth-order valence-corrected chi connectivity index (χ4v) is 5.16. The first-order valence-electron chi connectivity index (χ1n) is 8.44. The Morgan fingerprint density at radius 3 is 2.56 bits per heavy atom. The molecule has 0 aliphatic heterocycles. The van der Waals surface area contributed by atoms with Crippen molar-refractivity contribution in [1.82, 2.24) is 4.98 Å². The standard InChI is InChI=1S/C18H20NO6PS/c1-4-23-26(21,24-5-2)11-15-12(18(20)22-3)10-14(25-15)17-19-13-8-6-7-9-16(13)27-17/h6-10H,4-5,11H2,1-3H3. The molecule has 0 radical (unpaired) electrons. The highest BCUT2D eigenvalue weighted by atomic mass is 32.1. The largest absolute Gasteiger partial charge is 0.465 e. The van der Waals surface area contributed by atoms with Crippen LogP contribution in [0.4, 0.5) is 0 Å². The minimum Gasteiger partial charge on any atom is -0.465 e. The number of methoxy groups -OCH3 is 1. The molecule has 0 aliphatic carbocycles. The number of thiazole rings is 1. The lowest BCUT2D eigenvalue weighted by molar-refractivity contribution is 0.0598. The molecule has 0 amide bonds. The molecule has 2 aromatic heterocycles. The monoisotopic (exact) mass is 409 g/mol. The molecule has 0 saturated heterocycles. The van der Waals surface area contributed by atoms with Crippen LogP contribution >= 0.6 is 18.9 Å². The number of fused-ring (bicyclic) bond motifs is 1. The maximum Gasteiger partial charge on any atom is 0.341 e. The lowest BCUT2D eigenvalue weighted by Gasteiger charge is -2.16. The van der Waals surface area contributed by atoms with E-state index in [0.29, 0.717) is 10.8 Å². The molecular weight excluding hydrogens is 389 g/mol. The van der Waals surface area contributed by atoms with Crippen molar-refractivity contribution in [2.75, 3.05) is 20.3 Å². The van der Waals surface area contributed by atoms with Crippen LogP contribution in [0.5, 0.6) is 0 Å². The summed E-state index contributed by atoms with van der Waals surface area (Å²) < 4.78 is 35.2. The normalized spacial score (nSPS) is 11.8. The first kappa shape index (κ1) is 19.8. The van der Waals surface area contributed by atoms with Crippen LogP contribution in [0.1, 0.15) is 30.0 Å². The predicted octanol–water partition coefficient (Wildman–Crippen LogP) is 5.11. The van der Waals surface area contributed by atoms with Gasteiger partial charge in [-0.3, -0.25) is 4.57 Å². The molecule has 0 bridgehead atoms. The van der Waals surface area contributed by atoms with Crippen molar-refractivity contribution in [2.24, 2.45) is 0 Å². The lowest BCUT2D eigenvalue weighted by Crippen LogP contribution is -2.05. The molecule has 0 unspecified atom stereocenters. The quantitative estimate of drug-likeness (QED) is 0.377. The molecule has 0 aliphatic rings. The number of esters is 1. The van der Waals surface area contributed by atoms with E-state index < -0.39 is 13.6 Å². The average Bonchev–Trinajstić information content (AvgIpc) is 3.25. The topological polar surface area (TPSA) is 87.9 Å². The van der Waals surface area contributed by atoms with E-state index >= 15 is 0 Å². The van der Waals surface area contributed by atoms with Crippen molar-refractivity contribution < 1.29 is 27.6 Å². The molecule has 7 nitrogen and oxygen atoms in total. The molecule has 3 aromatic rings. The summed E-state index contributed by atoms with van der Waals surface area (Å²) in [5, 5.41) is 0.621. The van der Waals surface area contributed by atoms with Crippen LogP contribution in [0.2, 0.25) is 0 Å². The number of carbonyl (C=O) groups is 1. The molecule has 144 valence electrons. The van der Waals surface area contributed by atoms with Crippen molar-refractivity contribution in [3.8, 4) is 10.8 Å². The van der Waals surface area contributed by atoms with E-state index in [-0.39, 0.29) is 30.7 Å². The van der Waals surface area contributed by atoms with Gasteiger partial charge in [0.25, 0.3) is 0 Å². The van der Waals surface area contributed by atoms with Crippen LogP contribution in [0.15, 0.2) is 34.7 Å². The second kappa shape index (κ2) is 8.35. The van der Waals surface area contributed by atoms with Crippen molar-refractivity contribution in [3.63, 3.8) is 0 Å². The Labute approximate surface area is 160 Å². The third kappa shape index (κ3) is 4.30. The van der Waals surface area contributed by atoms with E-state index in [0.717, 1.165) is 10.2 Å². The first-order chi connectivity index (χ1) is 13.0. The minimum absolute atomic E-state index is 0.163. The van der Waals surface area contributed by atoms with Gasteiger partial charge in [0, 0.05) is 6.07 Å². The number of benzene rings is 1. The summed E-state index contributed by atoms with van der Waals surface area (Å²) in [7, 11) is -2.16. The molecule has 9 heteroatoms. The number of para-hydroxylation sites is 1. The zero-order chi connectivity index (χ0) is 19.4. The first-order valence-corrected chi connectivity index (χ1v) is 11.0. The number of carbonyl (C=O) groups excluding carboxylic acids is 1. The third-order valence-corrected chi connectivity index (χ3v) is 6.74. The number of nitrogens with zero attached hydrogens (tertiary/aromatic N) is 1. The molecule has 0 fully saturated rings. The highest BCUT2D eigenvalue weighted by molar-refractivity contribution is 7.53. The second-order valence-corrected chi connectivity index (χ2v) is 8.62. The molecule has 27 heavy (non-hydrogen) atoms. The maximum atomic E-state index is 12.9. The zero-order valence-electron chi connectivity index (χ0n) is 15.3. The van der Waals surface area contributed by atoms with Crippen LogP contribution < -0.4 is 0 Å². The van der Waals surface area contributed by atoms with Gasteiger partial charge in [-0.05, 0) is 26.0 Å². The molecule has 0 spiro atoms. The van der Waals surface area contributed by atoms with Crippen molar-refractivity contribution >= 4 is 35.1 Å². The number of ether oxygens (including phenoxy) is 1. The van der Waals surface area contributed by atoms with Gasteiger partial charge in [-0.15, -0.1) is 11.3 Å². The van der Waals surface area contributed by atoms with Gasteiger partial charge >= 0.3 is 13.6 Å². The number of rotatable bonds is 8. The summed E-state index contributed by atoms with van der Waals surface area (Å²) in [6, 6.07) is 9.25. The minimum atomic E-state index is -3.44. The van der Waals surface area contributed by atoms with Crippen molar-refractivity contribution in [1.29, 1.82) is 0 Å². The fraction of sp³-hybridized carbons (Fsp3) is 0.333. The Bertz CT molecular complexity index is 952. The zero-order valence-corrected chi connectivity index (χ0v) is 17.0. The summed E-state index contributed by atoms with van der Waals surface area (Å²) in [6.07, 6.45) is -0.163. The SMILES string of the molecule is CCOP(=O)(Cc1oc(-c2nc3ccccc3s2)cc1C(=O)OC)OCC. The van der Waals surface area contributed by atoms with Gasteiger partial charge in [0.2, 0.25) is 0 Å².